The van der Waals surface area contributed by atoms with Crippen molar-refractivity contribution >= 4 is 35.3 Å². The van der Waals surface area contributed by atoms with E-state index in [1.165, 1.54) is 12.0 Å². The lowest BCUT2D eigenvalue weighted by atomic mass is 9.78. The molecule has 0 spiro atoms. The van der Waals surface area contributed by atoms with Gasteiger partial charge in [-0.1, -0.05) is 71.1 Å². The number of aliphatic hydroxyl groups is 2. The van der Waals surface area contributed by atoms with Gasteiger partial charge in [0.25, 0.3) is 11.7 Å². The number of hydrogen-bond acceptors (Lipinski definition) is 21. The van der Waals surface area contributed by atoms with Crippen molar-refractivity contribution in [1.82, 2.24) is 10.2 Å². The van der Waals surface area contributed by atoms with Crippen LogP contribution in [0.15, 0.2) is 47.6 Å². The molecule has 0 aromatic carbocycles. The first-order valence-corrected chi connectivity index (χ1v) is 33.2. The topological polar surface area (TPSA) is 278 Å². The summed E-state index contributed by atoms with van der Waals surface area (Å²) in [6.07, 6.45) is 9.61. The molecule has 3 unspecified atom stereocenters. The molecule has 1 saturated carbocycles. The molecule has 3 fully saturated rings. The SMILES string of the molecule is CCOCCOCCOCCOCCOCCOCCOCCNC(=O)O[C@@H]1CC[C@@H](C[C@@H](C)[C@@H]2CC(=O)C(C)/C=C(\C)[C@@H](O)[C@@H](OC)C(=O)C(C)C[C@H](C)/C=C/C=C/C=C(\C)[C@@H](OC)C[C@@H]3CC[C@@H](C)[C@@](O)(O3)C(=O)C(=O)N3CCCCC3C(=O)O2)C[C@H]1OC. The third-order valence-electron chi connectivity index (χ3n) is 17.7. The van der Waals surface area contributed by atoms with Crippen LogP contribution < -0.4 is 5.32 Å². The standard InChI is InChI=1S/C68H112N2O21/c1-12-82-28-29-84-32-33-86-36-37-88-39-38-87-35-34-85-31-30-83-27-25-69-67(77)90-57-24-22-53(43-60(57)80-10)42-49(5)59-45-56(71)48(4)41-51(7)62(73)63(81-11)61(72)50(6)40-46(2)18-14-13-15-19-47(3)58(79-9)44-54-23-21-52(8)68(78,91-54)64(74)65(75)70-26-17-16-20-55(70)66(76)89-59/h13-15,18-19,41,46,48-50,52-55,57-60,62-63,73,78H,12,16-17,20-40,42-45H2,1-11H3,(H,69,77)/b15-13+,18-14+,47-19+,51-41+/t46-,48?,49-,50?,52-,53+,54+,55?,57-,58+,59+,60-,62-,63+,68-/m1/s1. The average Bonchev–Trinajstić information content (AvgIpc) is 1.05. The van der Waals surface area contributed by atoms with E-state index in [9.17, 15) is 39.0 Å². The number of amides is 2. The second-order valence-corrected chi connectivity index (χ2v) is 24.8. The van der Waals surface area contributed by atoms with Crippen LogP contribution in [-0.4, -0.2) is 232 Å². The number of esters is 1. The maximum atomic E-state index is 14.7. The lowest BCUT2D eigenvalue weighted by Crippen LogP contribution is -2.61. The summed E-state index contributed by atoms with van der Waals surface area (Å²) in [5.74, 6) is -8.53. The number of Topliss-reactive ketones (excluding diaryl/α,β-unsaturated/α-hetero) is 3. The number of rotatable bonds is 29. The molecule has 91 heavy (non-hydrogen) atoms. The van der Waals surface area contributed by atoms with Crippen molar-refractivity contribution in [3.05, 3.63) is 47.6 Å². The Hall–Kier alpha value is -4.34. The number of cyclic esters (lactones) is 1. The van der Waals surface area contributed by atoms with E-state index < -0.39 is 102 Å². The molecule has 3 N–H and O–H groups in total. The van der Waals surface area contributed by atoms with Crippen LogP contribution in [0.2, 0.25) is 0 Å². The van der Waals surface area contributed by atoms with Crippen molar-refractivity contribution in [3.63, 3.8) is 0 Å². The van der Waals surface area contributed by atoms with Crippen LogP contribution in [0.3, 0.4) is 0 Å². The van der Waals surface area contributed by atoms with Gasteiger partial charge in [0.2, 0.25) is 5.79 Å². The van der Waals surface area contributed by atoms with Gasteiger partial charge in [-0.3, -0.25) is 19.2 Å². The molecule has 1 aliphatic carbocycles. The van der Waals surface area contributed by atoms with Gasteiger partial charge in [0, 0.05) is 71.6 Å². The molecular weight excluding hydrogens is 1180 g/mol. The molecule has 15 atom stereocenters. The number of fused-ring (bicyclic) bond motifs is 3. The minimum Gasteiger partial charge on any atom is -0.460 e. The summed E-state index contributed by atoms with van der Waals surface area (Å²) in [5.41, 5.74) is 1.22. The lowest BCUT2D eigenvalue weighted by molar-refractivity contribution is -0.265. The van der Waals surface area contributed by atoms with E-state index in [2.05, 4.69) is 5.32 Å². The quantitative estimate of drug-likeness (QED) is 0.0293. The second-order valence-electron chi connectivity index (χ2n) is 24.8. The molecule has 520 valence electrons. The van der Waals surface area contributed by atoms with Crippen molar-refractivity contribution in [2.24, 2.45) is 35.5 Å². The van der Waals surface area contributed by atoms with Crippen molar-refractivity contribution in [3.8, 4) is 0 Å². The van der Waals surface area contributed by atoms with Gasteiger partial charge in [-0.15, -0.1) is 0 Å². The van der Waals surface area contributed by atoms with E-state index in [-0.39, 0.29) is 55.9 Å². The van der Waals surface area contributed by atoms with Crippen LogP contribution in [0.4, 0.5) is 4.79 Å². The summed E-state index contributed by atoms with van der Waals surface area (Å²) >= 11 is 0. The van der Waals surface area contributed by atoms with E-state index >= 15 is 0 Å². The summed E-state index contributed by atoms with van der Waals surface area (Å²) in [6.45, 7) is 21.1. The zero-order valence-corrected chi connectivity index (χ0v) is 56.4. The highest BCUT2D eigenvalue weighted by atomic mass is 16.6. The van der Waals surface area contributed by atoms with Crippen LogP contribution in [0, 0.1) is 35.5 Å². The Bertz CT molecular complexity index is 2300. The fourth-order valence-corrected chi connectivity index (χ4v) is 12.1. The van der Waals surface area contributed by atoms with Crippen LogP contribution in [0.5, 0.6) is 0 Å². The van der Waals surface area contributed by atoms with Gasteiger partial charge < -0.3 is 82.0 Å². The molecule has 3 heterocycles. The van der Waals surface area contributed by atoms with Crippen LogP contribution >= 0.6 is 0 Å². The molecule has 0 aromatic rings. The number of ketones is 3. The smallest absolute Gasteiger partial charge is 0.407 e. The first kappa shape index (κ1) is 79.1. The largest absolute Gasteiger partial charge is 0.460 e. The fourth-order valence-electron chi connectivity index (χ4n) is 12.1. The number of carbonyl (C=O) groups excluding carboxylic acids is 6. The van der Waals surface area contributed by atoms with Gasteiger partial charge in [-0.05, 0) is 114 Å². The van der Waals surface area contributed by atoms with Crippen LogP contribution in [0.1, 0.15) is 132 Å². The summed E-state index contributed by atoms with van der Waals surface area (Å²) in [6, 6.07) is -1.20. The molecule has 2 amide bonds. The molecular formula is C68H112N2O21. The Morgan fingerprint density at radius 3 is 1.92 bits per heavy atom. The van der Waals surface area contributed by atoms with E-state index in [1.54, 1.807) is 48.0 Å². The molecule has 0 radical (unpaired) electrons. The molecule has 23 heteroatoms. The van der Waals surface area contributed by atoms with Gasteiger partial charge >= 0.3 is 12.1 Å². The van der Waals surface area contributed by atoms with Crippen LogP contribution in [0.25, 0.3) is 0 Å². The van der Waals surface area contributed by atoms with Crippen molar-refractivity contribution in [2.75, 3.05) is 127 Å². The fraction of sp³-hybridized carbons (Fsp3) is 0.794. The number of aliphatic hydroxyl groups excluding tert-OH is 1. The Labute approximate surface area is 541 Å². The average molecular weight is 1290 g/mol. The third kappa shape index (κ3) is 27.5. The maximum absolute atomic E-state index is 14.7. The number of piperidine rings is 1. The van der Waals surface area contributed by atoms with Gasteiger partial charge in [0.1, 0.15) is 36.2 Å². The predicted octanol–water partition coefficient (Wildman–Crippen LogP) is 7.05. The van der Waals surface area contributed by atoms with Crippen molar-refractivity contribution in [1.29, 1.82) is 0 Å². The summed E-state index contributed by atoms with van der Waals surface area (Å²) in [5, 5.41) is 26.4. The molecule has 23 nitrogen and oxygen atoms in total. The molecule has 2 bridgehead atoms. The number of hydrogen-bond donors (Lipinski definition) is 3. The Morgan fingerprint density at radius 1 is 0.714 bits per heavy atom. The minimum atomic E-state index is -2.47. The summed E-state index contributed by atoms with van der Waals surface area (Å²) in [7, 11) is 4.50. The molecule has 4 rings (SSSR count). The zero-order valence-electron chi connectivity index (χ0n) is 56.4. The third-order valence-corrected chi connectivity index (χ3v) is 17.7. The van der Waals surface area contributed by atoms with Gasteiger partial charge in [-0.2, -0.15) is 0 Å². The Morgan fingerprint density at radius 2 is 1.33 bits per heavy atom. The summed E-state index contributed by atoms with van der Waals surface area (Å²) < 4.78 is 74.1. The Balaban J connectivity index is 1.38. The molecule has 4 aliphatic rings. The van der Waals surface area contributed by atoms with Crippen molar-refractivity contribution < 1.29 is 101 Å². The zero-order chi connectivity index (χ0) is 66.7. The van der Waals surface area contributed by atoms with Crippen molar-refractivity contribution in [2.45, 2.75) is 187 Å². The molecule has 3 aliphatic heterocycles. The van der Waals surface area contributed by atoms with E-state index in [0.29, 0.717) is 156 Å². The monoisotopic (exact) mass is 1290 g/mol. The summed E-state index contributed by atoms with van der Waals surface area (Å²) in [4.78, 5) is 86.0. The number of methoxy groups -OCH3 is 3. The first-order valence-electron chi connectivity index (χ1n) is 33.2. The lowest BCUT2D eigenvalue weighted by Gasteiger charge is -2.42. The number of ether oxygens (including phenoxy) is 13. The van der Waals surface area contributed by atoms with E-state index in [0.717, 1.165) is 5.57 Å². The number of alkyl carbamates (subject to hydrolysis) is 1. The minimum absolute atomic E-state index is 0.00555. The van der Waals surface area contributed by atoms with Crippen LogP contribution in [-0.2, 0) is 85.6 Å². The van der Waals surface area contributed by atoms with E-state index in [1.807, 2.05) is 58.1 Å². The Kier molecular flexibility index (Phi) is 37.9. The van der Waals surface area contributed by atoms with Gasteiger partial charge in [-0.25, -0.2) is 9.59 Å². The molecule has 2 saturated heterocycles. The molecule has 0 aromatic heterocycles. The predicted molar refractivity (Wildman–Crippen MR) is 339 cm³/mol. The highest BCUT2D eigenvalue weighted by molar-refractivity contribution is 6.39. The number of nitrogens with zero attached hydrogens (tertiary/aromatic N) is 1. The highest BCUT2D eigenvalue weighted by Gasteiger charge is 2.53. The number of allylic oxidation sites excluding steroid dienone is 6. The van der Waals surface area contributed by atoms with Gasteiger partial charge in [0.15, 0.2) is 5.78 Å². The normalized spacial score (nSPS) is 32.2. The maximum Gasteiger partial charge on any atom is 0.407 e. The van der Waals surface area contributed by atoms with E-state index in [4.69, 9.17) is 61.6 Å². The van der Waals surface area contributed by atoms with Gasteiger partial charge in [0.05, 0.1) is 104 Å². The second kappa shape index (κ2) is 43.6. The number of nitrogens with one attached hydrogen (secondary N) is 1. The highest BCUT2D eigenvalue weighted by Crippen LogP contribution is 2.38. The first-order chi connectivity index (χ1) is 43.7. The number of carbonyl (C=O) groups is 6.